The first kappa shape index (κ1) is 10.6. The normalized spacial score (nSPS) is 12.0. The van der Waals surface area contributed by atoms with Crippen molar-refractivity contribution in [3.63, 3.8) is 0 Å². The van der Waals surface area contributed by atoms with Gasteiger partial charge in [0.2, 0.25) is 5.82 Å². The fraction of sp³-hybridized carbons (Fsp3) is 0.111. The third-order valence-electron chi connectivity index (χ3n) is 1.94. The molecule has 1 N–H and O–H groups in total. The molecule has 2 rings (SSSR count). The van der Waals surface area contributed by atoms with Gasteiger partial charge in [-0.1, -0.05) is 0 Å². The van der Waals surface area contributed by atoms with Crippen molar-refractivity contribution in [2.24, 2.45) is 0 Å². The van der Waals surface area contributed by atoms with Crippen LogP contribution in [-0.4, -0.2) is 9.97 Å². The largest absolute Gasteiger partial charge is 0.449 e. The van der Waals surface area contributed by atoms with Crippen LogP contribution in [0.5, 0.6) is 0 Å². The maximum absolute atomic E-state index is 12.8. The topological polar surface area (TPSA) is 45.8 Å². The predicted molar refractivity (Wildman–Crippen MR) is 47.3 cm³/mol. The average molecular weight is 232 g/mol. The van der Waals surface area contributed by atoms with Gasteiger partial charge < -0.3 is 4.98 Å². The molecule has 1 aromatic heterocycles. The number of aromatic nitrogens is 2. The summed E-state index contributed by atoms with van der Waals surface area (Å²) in [7, 11) is 0. The van der Waals surface area contributed by atoms with Crippen LogP contribution in [0.15, 0.2) is 23.0 Å². The molecule has 0 aliphatic carbocycles. The third kappa shape index (κ3) is 1.75. The molecule has 84 valence electrons. The molecule has 0 saturated carbocycles. The van der Waals surface area contributed by atoms with Crippen LogP contribution in [0.2, 0.25) is 0 Å². The van der Waals surface area contributed by atoms with Crippen molar-refractivity contribution in [3.8, 4) is 0 Å². The SMILES string of the molecule is O=c1[nH]c(C(F)(F)F)nc2cc(F)ccc12. The number of halogens is 4. The molecule has 0 unspecified atom stereocenters. The van der Waals surface area contributed by atoms with Gasteiger partial charge in [-0.15, -0.1) is 0 Å². The molecular weight excluding hydrogens is 228 g/mol. The van der Waals surface area contributed by atoms with Gasteiger partial charge in [-0.2, -0.15) is 13.2 Å². The molecule has 0 aliphatic heterocycles. The van der Waals surface area contributed by atoms with Gasteiger partial charge in [0.05, 0.1) is 10.9 Å². The van der Waals surface area contributed by atoms with Crippen LogP contribution < -0.4 is 5.56 Å². The number of hydrogen-bond acceptors (Lipinski definition) is 2. The van der Waals surface area contributed by atoms with Crippen LogP contribution in [0.25, 0.3) is 10.9 Å². The molecule has 0 saturated heterocycles. The summed E-state index contributed by atoms with van der Waals surface area (Å²) < 4.78 is 49.6. The van der Waals surface area contributed by atoms with Crippen LogP contribution in [0.4, 0.5) is 17.6 Å². The van der Waals surface area contributed by atoms with Gasteiger partial charge in [-0.3, -0.25) is 4.79 Å². The van der Waals surface area contributed by atoms with E-state index in [2.05, 4.69) is 4.98 Å². The summed E-state index contributed by atoms with van der Waals surface area (Å²) in [5.41, 5.74) is -1.27. The Kier molecular flexibility index (Phi) is 2.18. The van der Waals surface area contributed by atoms with Gasteiger partial charge in [0.15, 0.2) is 0 Å². The standard InChI is InChI=1S/C9H4F4N2O/c10-4-1-2-5-6(3-4)14-8(9(11,12)13)15-7(5)16/h1-3H,(H,14,15,16). The van der Waals surface area contributed by atoms with E-state index in [9.17, 15) is 22.4 Å². The fourth-order valence-electron chi connectivity index (χ4n) is 1.25. The van der Waals surface area contributed by atoms with E-state index in [1.165, 1.54) is 0 Å². The van der Waals surface area contributed by atoms with E-state index in [0.29, 0.717) is 0 Å². The minimum atomic E-state index is -4.76. The lowest BCUT2D eigenvalue weighted by Crippen LogP contribution is -2.19. The van der Waals surface area contributed by atoms with E-state index in [1.807, 2.05) is 0 Å². The van der Waals surface area contributed by atoms with Crippen molar-refractivity contribution >= 4 is 10.9 Å². The van der Waals surface area contributed by atoms with E-state index < -0.39 is 23.4 Å². The first-order valence-electron chi connectivity index (χ1n) is 4.15. The summed E-state index contributed by atoms with van der Waals surface area (Å²) in [5.74, 6) is -2.19. The lowest BCUT2D eigenvalue weighted by Gasteiger charge is -2.05. The number of fused-ring (bicyclic) bond motifs is 1. The molecule has 0 bridgehead atoms. The molecule has 3 nitrogen and oxygen atoms in total. The van der Waals surface area contributed by atoms with Crippen molar-refractivity contribution in [1.82, 2.24) is 9.97 Å². The molecule has 0 spiro atoms. The van der Waals surface area contributed by atoms with Gasteiger partial charge in [0.1, 0.15) is 5.82 Å². The Morgan fingerprint density at radius 2 is 1.94 bits per heavy atom. The summed E-state index contributed by atoms with van der Waals surface area (Å²) in [6.07, 6.45) is -4.76. The molecule has 0 atom stereocenters. The van der Waals surface area contributed by atoms with Crippen LogP contribution in [0, 0.1) is 5.82 Å². The highest BCUT2D eigenvalue weighted by molar-refractivity contribution is 5.77. The maximum Gasteiger partial charge on any atom is 0.449 e. The molecule has 0 amide bonds. The highest BCUT2D eigenvalue weighted by atomic mass is 19.4. The molecule has 7 heteroatoms. The van der Waals surface area contributed by atoms with Gasteiger partial charge >= 0.3 is 6.18 Å². The van der Waals surface area contributed by atoms with Gasteiger partial charge in [0.25, 0.3) is 5.56 Å². The van der Waals surface area contributed by atoms with E-state index in [-0.39, 0.29) is 10.9 Å². The van der Waals surface area contributed by atoms with Gasteiger partial charge in [0, 0.05) is 6.07 Å². The fourth-order valence-corrected chi connectivity index (χ4v) is 1.25. The van der Waals surface area contributed by atoms with Crippen LogP contribution >= 0.6 is 0 Å². The molecule has 0 aliphatic rings. The average Bonchev–Trinajstić information content (AvgIpc) is 2.15. The minimum absolute atomic E-state index is 0.0885. The Balaban J connectivity index is 2.80. The number of rotatable bonds is 0. The van der Waals surface area contributed by atoms with E-state index in [4.69, 9.17) is 0 Å². The number of hydrogen-bond donors (Lipinski definition) is 1. The first-order valence-corrected chi connectivity index (χ1v) is 4.15. The van der Waals surface area contributed by atoms with E-state index in [0.717, 1.165) is 18.2 Å². The van der Waals surface area contributed by atoms with E-state index >= 15 is 0 Å². The lowest BCUT2D eigenvalue weighted by atomic mass is 10.2. The summed E-state index contributed by atoms with van der Waals surface area (Å²) >= 11 is 0. The van der Waals surface area contributed by atoms with Crippen LogP contribution in [0.1, 0.15) is 5.82 Å². The second-order valence-electron chi connectivity index (χ2n) is 3.07. The summed E-state index contributed by atoms with van der Waals surface area (Å²) in [4.78, 5) is 16.0. The molecule has 0 fully saturated rings. The van der Waals surface area contributed by atoms with Gasteiger partial charge in [-0.25, -0.2) is 9.37 Å². The Bertz CT molecular complexity index is 602. The molecular formula is C9H4F4N2O. The van der Waals surface area contributed by atoms with E-state index in [1.54, 1.807) is 4.98 Å². The highest BCUT2D eigenvalue weighted by Gasteiger charge is 2.34. The number of benzene rings is 1. The summed E-state index contributed by atoms with van der Waals surface area (Å²) in [5, 5.41) is -0.0885. The Labute approximate surface area is 85.7 Å². The second-order valence-corrected chi connectivity index (χ2v) is 3.07. The Morgan fingerprint density at radius 3 is 2.56 bits per heavy atom. The zero-order valence-corrected chi connectivity index (χ0v) is 7.60. The van der Waals surface area contributed by atoms with Crippen LogP contribution in [0.3, 0.4) is 0 Å². The molecule has 1 aromatic carbocycles. The summed E-state index contributed by atoms with van der Waals surface area (Å²) in [6.45, 7) is 0. The molecule has 16 heavy (non-hydrogen) atoms. The van der Waals surface area contributed by atoms with Crippen molar-refractivity contribution in [2.75, 3.05) is 0 Å². The molecule has 0 radical (unpaired) electrons. The number of nitrogens with one attached hydrogen (secondary N) is 1. The Morgan fingerprint density at radius 1 is 1.25 bits per heavy atom. The smallest absolute Gasteiger partial charge is 0.302 e. The first-order chi connectivity index (χ1) is 7.38. The number of H-pyrrole nitrogens is 1. The Hall–Kier alpha value is -1.92. The molecule has 2 aromatic rings. The van der Waals surface area contributed by atoms with Crippen molar-refractivity contribution in [2.45, 2.75) is 6.18 Å². The highest BCUT2D eigenvalue weighted by Crippen LogP contribution is 2.26. The second kappa shape index (κ2) is 3.29. The third-order valence-corrected chi connectivity index (χ3v) is 1.94. The van der Waals surface area contributed by atoms with Crippen molar-refractivity contribution in [3.05, 3.63) is 40.2 Å². The molecule has 1 heterocycles. The summed E-state index contributed by atoms with van der Waals surface area (Å²) in [6, 6.07) is 2.84. The number of alkyl halides is 3. The number of nitrogens with zero attached hydrogens (tertiary/aromatic N) is 1. The quantitative estimate of drug-likeness (QED) is 0.707. The lowest BCUT2D eigenvalue weighted by molar-refractivity contribution is -0.144. The maximum atomic E-state index is 12.8. The van der Waals surface area contributed by atoms with Crippen LogP contribution in [-0.2, 0) is 6.18 Å². The minimum Gasteiger partial charge on any atom is -0.302 e. The predicted octanol–water partition coefficient (Wildman–Crippen LogP) is 2.08. The zero-order chi connectivity index (χ0) is 11.9. The van der Waals surface area contributed by atoms with Gasteiger partial charge in [-0.05, 0) is 12.1 Å². The van der Waals surface area contributed by atoms with Crippen molar-refractivity contribution in [1.29, 1.82) is 0 Å². The number of aromatic amines is 1. The van der Waals surface area contributed by atoms with Crippen molar-refractivity contribution < 1.29 is 17.6 Å². The monoisotopic (exact) mass is 232 g/mol. The zero-order valence-electron chi connectivity index (χ0n) is 7.60.